The van der Waals surface area contributed by atoms with Crippen LogP contribution in [-0.2, 0) is 27.7 Å². The zero-order valence-corrected chi connectivity index (χ0v) is 20.0. The van der Waals surface area contributed by atoms with Crippen molar-refractivity contribution in [1.29, 1.82) is 0 Å². The third kappa shape index (κ3) is 8.21. The van der Waals surface area contributed by atoms with E-state index in [1.807, 2.05) is 0 Å². The molecule has 28 heavy (non-hydrogen) atoms. The van der Waals surface area contributed by atoms with Crippen LogP contribution in [0.3, 0.4) is 0 Å². The summed E-state index contributed by atoms with van der Waals surface area (Å²) in [5.41, 5.74) is -1.98. The molecule has 1 aromatic heterocycles. The molecule has 0 aliphatic carbocycles. The van der Waals surface area contributed by atoms with Crippen LogP contribution in [0.15, 0.2) is 9.59 Å². The summed E-state index contributed by atoms with van der Waals surface area (Å²) in [6.45, 7) is 13.8. The maximum absolute atomic E-state index is 12.6. The largest absolute Gasteiger partial charge is 0.464 e. The van der Waals surface area contributed by atoms with Crippen molar-refractivity contribution in [3.05, 3.63) is 26.5 Å². The number of carbonyl (C=O) groups excluding carboxylic acids is 1. The van der Waals surface area contributed by atoms with Gasteiger partial charge in [0.25, 0.3) is 5.56 Å². The third-order valence-corrected chi connectivity index (χ3v) is 7.33. The molecule has 9 nitrogen and oxygen atoms in total. The van der Waals surface area contributed by atoms with E-state index in [1.54, 1.807) is 0 Å². The Kier molecular flexibility index (Phi) is 8.98. The second kappa shape index (κ2) is 10.3. The Bertz CT molecular complexity index is 777. The fourth-order valence-corrected chi connectivity index (χ4v) is 3.56. The lowest BCUT2D eigenvalue weighted by molar-refractivity contribution is 0.0500. The Morgan fingerprint density at radius 3 is 1.89 bits per heavy atom. The molecule has 0 N–H and O–H groups in total. The number of esters is 1. The highest BCUT2D eigenvalue weighted by Gasteiger charge is 2.21. The number of ether oxygens (including phenoxy) is 3. The molecule has 1 rings (SSSR count). The summed E-state index contributed by atoms with van der Waals surface area (Å²) in [5.74, 6) is -0.906. The van der Waals surface area contributed by atoms with Gasteiger partial charge in [-0.1, -0.05) is 39.3 Å². The van der Waals surface area contributed by atoms with Crippen molar-refractivity contribution in [2.24, 2.45) is 0 Å². The van der Waals surface area contributed by atoms with Gasteiger partial charge < -0.3 is 14.2 Å². The van der Waals surface area contributed by atoms with Crippen molar-refractivity contribution < 1.29 is 19.0 Å². The van der Waals surface area contributed by atoms with Crippen molar-refractivity contribution in [2.45, 2.75) is 64.8 Å². The Morgan fingerprint density at radius 1 is 0.929 bits per heavy atom. The van der Waals surface area contributed by atoms with Crippen molar-refractivity contribution in [3.63, 3.8) is 0 Å². The summed E-state index contributed by atoms with van der Waals surface area (Å²) in [7, 11) is -1.43. The van der Waals surface area contributed by atoms with Crippen LogP contribution in [0.5, 0.6) is 0 Å². The number of hydrogen-bond donors (Lipinski definition) is 0. The van der Waals surface area contributed by atoms with E-state index in [2.05, 4.69) is 49.1 Å². The fourth-order valence-electron chi connectivity index (χ4n) is 2.05. The standard InChI is InChI=1S/C17H33N3O6Si2/c1-24-16(22)14-15(21)19(12-25-8-10-27(2,3)4)17(23)20(18-14)13-26-9-11-28(5,6)7/h8-13H2,1-7H3. The first kappa shape index (κ1) is 24.5. The molecule has 0 aromatic carbocycles. The Morgan fingerprint density at radius 2 is 1.43 bits per heavy atom. The molecule has 11 heteroatoms. The summed E-state index contributed by atoms with van der Waals surface area (Å²) in [6, 6.07) is 1.82. The molecule has 0 unspecified atom stereocenters. The average molecular weight is 432 g/mol. The fraction of sp³-hybridized carbons (Fsp3) is 0.765. The maximum Gasteiger partial charge on any atom is 0.364 e. The summed E-state index contributed by atoms with van der Waals surface area (Å²) in [6.07, 6.45) is 0. The molecular formula is C17H33N3O6Si2. The van der Waals surface area contributed by atoms with Gasteiger partial charge in [-0.15, -0.1) is 0 Å². The molecule has 0 aliphatic heterocycles. The van der Waals surface area contributed by atoms with Crippen LogP contribution < -0.4 is 11.2 Å². The zero-order valence-electron chi connectivity index (χ0n) is 18.0. The molecule has 0 bridgehead atoms. The van der Waals surface area contributed by atoms with Gasteiger partial charge in [-0.2, -0.15) is 9.78 Å². The second-order valence-corrected chi connectivity index (χ2v) is 20.3. The van der Waals surface area contributed by atoms with Crippen LogP contribution in [0.25, 0.3) is 0 Å². The number of hydrogen-bond acceptors (Lipinski definition) is 7. The highest BCUT2D eigenvalue weighted by molar-refractivity contribution is 6.76. The van der Waals surface area contributed by atoms with Crippen molar-refractivity contribution in [2.75, 3.05) is 20.3 Å². The molecule has 0 fully saturated rings. The lowest BCUT2D eigenvalue weighted by Crippen LogP contribution is -2.45. The Balaban J connectivity index is 3.01. The SMILES string of the molecule is COC(=O)c1nn(COCC[Si](C)(C)C)c(=O)n(COCC[Si](C)(C)C)c1=O. The molecule has 0 radical (unpaired) electrons. The molecular weight excluding hydrogens is 398 g/mol. The van der Waals surface area contributed by atoms with Gasteiger partial charge in [-0.3, -0.25) is 4.79 Å². The predicted octanol–water partition coefficient (Wildman–Crippen LogP) is 1.82. The first-order valence-electron chi connectivity index (χ1n) is 9.31. The van der Waals surface area contributed by atoms with E-state index in [4.69, 9.17) is 9.47 Å². The molecule has 0 atom stereocenters. The van der Waals surface area contributed by atoms with Gasteiger partial charge >= 0.3 is 11.7 Å². The van der Waals surface area contributed by atoms with Gasteiger partial charge in [0.05, 0.1) is 7.11 Å². The number of aromatic nitrogens is 3. The topological polar surface area (TPSA) is 102 Å². The summed E-state index contributed by atoms with van der Waals surface area (Å²) in [4.78, 5) is 37.0. The molecule has 0 spiro atoms. The minimum atomic E-state index is -1.30. The number of methoxy groups -OCH3 is 1. The smallest absolute Gasteiger partial charge is 0.364 e. The first-order valence-corrected chi connectivity index (χ1v) is 16.7. The molecule has 1 heterocycles. The minimum absolute atomic E-state index is 0.150. The van der Waals surface area contributed by atoms with E-state index in [0.29, 0.717) is 13.2 Å². The molecule has 0 aliphatic rings. The van der Waals surface area contributed by atoms with Crippen LogP contribution in [0.2, 0.25) is 51.4 Å². The summed E-state index contributed by atoms with van der Waals surface area (Å²) < 4.78 is 17.5. The number of carbonyl (C=O) groups is 1. The van der Waals surface area contributed by atoms with E-state index in [9.17, 15) is 14.4 Å². The van der Waals surface area contributed by atoms with Crippen LogP contribution >= 0.6 is 0 Å². The monoisotopic (exact) mass is 431 g/mol. The summed E-state index contributed by atoms with van der Waals surface area (Å²) >= 11 is 0. The number of rotatable bonds is 11. The van der Waals surface area contributed by atoms with Crippen molar-refractivity contribution in [1.82, 2.24) is 14.3 Å². The van der Waals surface area contributed by atoms with Gasteiger partial charge in [0.1, 0.15) is 13.5 Å². The van der Waals surface area contributed by atoms with Crippen LogP contribution in [0.4, 0.5) is 0 Å². The van der Waals surface area contributed by atoms with Gasteiger partial charge in [0.2, 0.25) is 5.69 Å². The predicted molar refractivity (Wildman–Crippen MR) is 112 cm³/mol. The molecule has 0 saturated heterocycles. The highest BCUT2D eigenvalue weighted by atomic mass is 28.3. The van der Waals surface area contributed by atoms with E-state index in [-0.39, 0.29) is 13.5 Å². The quantitative estimate of drug-likeness (QED) is 0.299. The van der Waals surface area contributed by atoms with Crippen LogP contribution in [-0.4, -0.2) is 56.8 Å². The van der Waals surface area contributed by atoms with E-state index in [0.717, 1.165) is 28.4 Å². The third-order valence-electron chi connectivity index (χ3n) is 3.93. The molecule has 0 saturated carbocycles. The minimum Gasteiger partial charge on any atom is -0.464 e. The second-order valence-electron chi connectivity index (χ2n) is 9.05. The van der Waals surface area contributed by atoms with Crippen molar-refractivity contribution >= 4 is 22.1 Å². The Labute approximate surface area is 167 Å². The van der Waals surface area contributed by atoms with Crippen LogP contribution in [0.1, 0.15) is 10.5 Å². The molecule has 160 valence electrons. The van der Waals surface area contributed by atoms with Gasteiger partial charge in [0, 0.05) is 29.4 Å². The van der Waals surface area contributed by atoms with E-state index < -0.39 is 39.1 Å². The Hall–Kier alpha value is -1.57. The lowest BCUT2D eigenvalue weighted by atomic mass is 10.4. The molecule has 0 amide bonds. The molecule has 1 aromatic rings. The van der Waals surface area contributed by atoms with E-state index >= 15 is 0 Å². The normalized spacial score (nSPS) is 12.2. The average Bonchev–Trinajstić information content (AvgIpc) is 2.57. The lowest BCUT2D eigenvalue weighted by Gasteiger charge is -2.17. The highest BCUT2D eigenvalue weighted by Crippen LogP contribution is 2.08. The summed E-state index contributed by atoms with van der Waals surface area (Å²) in [5, 5.41) is 3.84. The van der Waals surface area contributed by atoms with Gasteiger partial charge in [-0.25, -0.2) is 14.2 Å². The van der Waals surface area contributed by atoms with Gasteiger partial charge in [0.15, 0.2) is 0 Å². The number of nitrogens with zero attached hydrogens (tertiary/aromatic N) is 3. The first-order chi connectivity index (χ1) is 12.9. The maximum atomic E-state index is 12.6. The van der Waals surface area contributed by atoms with Gasteiger partial charge in [-0.05, 0) is 12.1 Å². The van der Waals surface area contributed by atoms with Crippen molar-refractivity contribution in [3.8, 4) is 0 Å². The van der Waals surface area contributed by atoms with Crippen LogP contribution in [0, 0.1) is 0 Å². The zero-order chi connectivity index (χ0) is 21.5. The van der Waals surface area contributed by atoms with E-state index in [1.165, 1.54) is 0 Å².